The minimum Gasteiger partial charge on any atom is -0.302 e. The maximum absolute atomic E-state index is 5.06. The Balaban J connectivity index is 1.92. The number of rotatable bonds is 1. The van der Waals surface area contributed by atoms with Crippen molar-refractivity contribution >= 4 is 39.1 Å². The lowest BCUT2D eigenvalue weighted by atomic mass is 9.98. The quantitative estimate of drug-likeness (QED) is 0.662. The van der Waals surface area contributed by atoms with Crippen molar-refractivity contribution in [1.82, 2.24) is 4.90 Å². The van der Waals surface area contributed by atoms with Gasteiger partial charge in [-0.25, -0.2) is 4.99 Å². The van der Waals surface area contributed by atoms with E-state index in [9.17, 15) is 0 Å². The van der Waals surface area contributed by atoms with Gasteiger partial charge in [0.25, 0.3) is 0 Å². The van der Waals surface area contributed by atoms with Crippen molar-refractivity contribution in [2.45, 2.75) is 16.2 Å². The van der Waals surface area contributed by atoms with Gasteiger partial charge >= 0.3 is 0 Å². The maximum Gasteiger partial charge on any atom is 0.0776 e. The van der Waals surface area contributed by atoms with Crippen LogP contribution in [0.3, 0.4) is 0 Å². The van der Waals surface area contributed by atoms with Crippen molar-refractivity contribution in [1.29, 1.82) is 0 Å². The van der Waals surface area contributed by atoms with Crippen LogP contribution in [-0.4, -0.2) is 30.7 Å². The molecule has 0 atom stereocenters. The molecule has 23 heavy (non-hydrogen) atoms. The average molecular weight is 385 g/mol. The molecule has 0 aromatic heterocycles. The smallest absolute Gasteiger partial charge is 0.0776 e. The molecule has 0 unspecified atom stereocenters. The summed E-state index contributed by atoms with van der Waals surface area (Å²) in [7, 11) is 2.18. The van der Waals surface area contributed by atoms with Crippen molar-refractivity contribution in [3.63, 3.8) is 0 Å². The maximum atomic E-state index is 5.06. The molecule has 4 rings (SSSR count). The van der Waals surface area contributed by atoms with Gasteiger partial charge in [0, 0.05) is 32.9 Å². The van der Waals surface area contributed by atoms with Gasteiger partial charge in [-0.15, -0.1) is 0 Å². The summed E-state index contributed by atoms with van der Waals surface area (Å²) in [6.45, 7) is 2.07. The number of aliphatic imine (C=N–C) groups is 1. The first-order valence-corrected chi connectivity index (χ1v) is 9.35. The third kappa shape index (κ3) is 3.03. The lowest BCUT2D eigenvalue weighted by Crippen LogP contribution is -2.29. The van der Waals surface area contributed by atoms with E-state index in [2.05, 4.69) is 76.4 Å². The number of likely N-dealkylation sites (N-methyl/N-ethyl adjacent to an activating group) is 1. The van der Waals surface area contributed by atoms with Gasteiger partial charge in [0.15, 0.2) is 0 Å². The van der Waals surface area contributed by atoms with Gasteiger partial charge in [0.2, 0.25) is 0 Å². The fraction of sp³-hybridized carbons (Fsp3) is 0.211. The summed E-state index contributed by atoms with van der Waals surface area (Å²) >= 11 is 5.42. The van der Waals surface area contributed by atoms with Crippen molar-refractivity contribution in [3.8, 4) is 0 Å². The third-order valence-electron chi connectivity index (χ3n) is 4.16. The molecule has 0 saturated carbocycles. The van der Waals surface area contributed by atoms with Crippen molar-refractivity contribution < 1.29 is 0 Å². The molecule has 0 bridgehead atoms. The highest BCUT2D eigenvalue weighted by Crippen LogP contribution is 2.42. The van der Waals surface area contributed by atoms with Crippen molar-refractivity contribution in [2.75, 3.05) is 20.1 Å². The first kappa shape index (κ1) is 15.2. The zero-order valence-corrected chi connectivity index (χ0v) is 15.3. The SMILES string of the molecule is CN1CCC=C(C2=Nc3ccccc3Sc3ccc(Br)cc32)C1. The summed E-state index contributed by atoms with van der Waals surface area (Å²) < 4.78 is 1.10. The van der Waals surface area contributed by atoms with Crippen LogP contribution in [0.15, 0.2) is 73.4 Å². The fourth-order valence-corrected chi connectivity index (χ4v) is 4.39. The second-order valence-electron chi connectivity index (χ2n) is 5.93. The summed E-state index contributed by atoms with van der Waals surface area (Å²) in [5.41, 5.74) is 4.73. The molecular formula is C19H17BrN2S. The van der Waals surface area contributed by atoms with E-state index in [0.29, 0.717) is 0 Å². The van der Waals surface area contributed by atoms with E-state index in [-0.39, 0.29) is 0 Å². The molecule has 2 nitrogen and oxygen atoms in total. The molecule has 0 spiro atoms. The highest BCUT2D eigenvalue weighted by Gasteiger charge is 2.22. The van der Waals surface area contributed by atoms with Gasteiger partial charge in [-0.2, -0.15) is 0 Å². The van der Waals surface area contributed by atoms with Crippen LogP contribution in [0.5, 0.6) is 0 Å². The van der Waals surface area contributed by atoms with Crippen LogP contribution < -0.4 is 0 Å². The molecule has 0 radical (unpaired) electrons. The van der Waals surface area contributed by atoms with E-state index in [1.165, 1.54) is 20.9 Å². The fourth-order valence-electron chi connectivity index (χ4n) is 3.02. The monoisotopic (exact) mass is 384 g/mol. The van der Waals surface area contributed by atoms with Crippen LogP contribution in [0.2, 0.25) is 0 Å². The van der Waals surface area contributed by atoms with E-state index in [0.717, 1.165) is 35.4 Å². The van der Waals surface area contributed by atoms with E-state index in [1.807, 2.05) is 0 Å². The number of fused-ring (bicyclic) bond motifs is 2. The van der Waals surface area contributed by atoms with Gasteiger partial charge in [-0.05, 0) is 49.4 Å². The summed E-state index contributed by atoms with van der Waals surface area (Å²) in [6, 6.07) is 14.9. The molecule has 2 aromatic rings. The summed E-state index contributed by atoms with van der Waals surface area (Å²) in [4.78, 5) is 9.91. The number of hydrogen-bond acceptors (Lipinski definition) is 3. The van der Waals surface area contributed by atoms with Gasteiger partial charge in [0.05, 0.1) is 11.4 Å². The Morgan fingerprint density at radius 3 is 2.87 bits per heavy atom. The zero-order chi connectivity index (χ0) is 15.8. The summed E-state index contributed by atoms with van der Waals surface area (Å²) in [5.74, 6) is 0. The van der Waals surface area contributed by atoms with Crippen molar-refractivity contribution in [2.24, 2.45) is 4.99 Å². The predicted octanol–water partition coefficient (Wildman–Crippen LogP) is 5.30. The second-order valence-corrected chi connectivity index (χ2v) is 7.93. The Morgan fingerprint density at radius 2 is 2.00 bits per heavy atom. The van der Waals surface area contributed by atoms with Crippen LogP contribution in [0.1, 0.15) is 12.0 Å². The normalized spacial score (nSPS) is 17.7. The van der Waals surface area contributed by atoms with Crippen LogP contribution >= 0.6 is 27.7 Å². The molecule has 0 saturated heterocycles. The molecule has 2 heterocycles. The first-order chi connectivity index (χ1) is 11.2. The van der Waals surface area contributed by atoms with E-state index < -0.39 is 0 Å². The van der Waals surface area contributed by atoms with Crippen molar-refractivity contribution in [3.05, 3.63) is 64.1 Å². The largest absolute Gasteiger partial charge is 0.302 e. The molecule has 0 aliphatic carbocycles. The van der Waals surface area contributed by atoms with E-state index >= 15 is 0 Å². The van der Waals surface area contributed by atoms with E-state index in [4.69, 9.17) is 4.99 Å². The summed E-state index contributed by atoms with van der Waals surface area (Å²) in [6.07, 6.45) is 3.44. The lowest BCUT2D eigenvalue weighted by Gasteiger charge is -2.24. The topological polar surface area (TPSA) is 15.6 Å². The number of nitrogens with zero attached hydrogens (tertiary/aromatic N) is 2. The lowest BCUT2D eigenvalue weighted by molar-refractivity contribution is 0.360. The van der Waals surface area contributed by atoms with Gasteiger partial charge in [-0.3, -0.25) is 0 Å². The molecular weight excluding hydrogens is 368 g/mol. The second kappa shape index (κ2) is 6.27. The van der Waals surface area contributed by atoms with Gasteiger partial charge < -0.3 is 4.90 Å². The molecule has 2 aromatic carbocycles. The Labute approximate surface area is 149 Å². The van der Waals surface area contributed by atoms with Gasteiger partial charge in [0.1, 0.15) is 0 Å². The molecule has 0 fully saturated rings. The number of benzene rings is 2. The minimum atomic E-state index is 0.956. The van der Waals surface area contributed by atoms with Crippen LogP contribution in [-0.2, 0) is 0 Å². The summed E-state index contributed by atoms with van der Waals surface area (Å²) in [5, 5.41) is 0. The Hall–Kier alpha value is -1.36. The standard InChI is InChI=1S/C19H17BrN2S/c1-22-10-4-5-13(12-22)19-15-11-14(20)8-9-17(15)23-18-7-3-2-6-16(18)21-19/h2-3,5-9,11H,4,10,12H2,1H3. The van der Waals surface area contributed by atoms with Crippen LogP contribution in [0.4, 0.5) is 5.69 Å². The molecule has 2 aliphatic heterocycles. The average Bonchev–Trinajstić information content (AvgIpc) is 2.71. The van der Waals surface area contributed by atoms with Crippen LogP contribution in [0.25, 0.3) is 0 Å². The molecule has 0 N–H and O–H groups in total. The third-order valence-corrected chi connectivity index (χ3v) is 5.79. The Bertz CT molecular complexity index is 826. The number of halogens is 1. The number of hydrogen-bond donors (Lipinski definition) is 0. The molecule has 0 amide bonds. The number of para-hydroxylation sites is 1. The minimum absolute atomic E-state index is 0.956. The van der Waals surface area contributed by atoms with Gasteiger partial charge in [-0.1, -0.05) is 45.9 Å². The predicted molar refractivity (Wildman–Crippen MR) is 101 cm³/mol. The van der Waals surface area contributed by atoms with E-state index in [1.54, 1.807) is 11.8 Å². The Kier molecular flexibility index (Phi) is 4.14. The molecule has 2 aliphatic rings. The Morgan fingerprint density at radius 1 is 1.13 bits per heavy atom. The highest BCUT2D eigenvalue weighted by molar-refractivity contribution is 9.10. The molecule has 116 valence electrons. The van der Waals surface area contributed by atoms with Crippen LogP contribution in [0, 0.1) is 0 Å². The molecule has 4 heteroatoms. The first-order valence-electron chi connectivity index (χ1n) is 7.74. The zero-order valence-electron chi connectivity index (χ0n) is 12.9. The highest BCUT2D eigenvalue weighted by atomic mass is 79.9.